The van der Waals surface area contributed by atoms with Crippen LogP contribution in [0.25, 0.3) is 0 Å². The molecule has 0 amide bonds. The van der Waals surface area contributed by atoms with Gasteiger partial charge in [0.15, 0.2) is 6.17 Å². The summed E-state index contributed by atoms with van der Waals surface area (Å²) in [7, 11) is 0. The van der Waals surface area contributed by atoms with Crippen molar-refractivity contribution in [3.8, 4) is 0 Å². The molecular formula is C22H19N5. The molecule has 132 valence electrons. The number of allylic oxidation sites excluding steroid dienone is 1. The summed E-state index contributed by atoms with van der Waals surface area (Å²) in [5.41, 5.74) is 2.02. The number of amidine groups is 1. The number of hydrogen-bond acceptors (Lipinski definition) is 4. The van der Waals surface area contributed by atoms with E-state index in [0.717, 1.165) is 29.6 Å². The van der Waals surface area contributed by atoms with Crippen LogP contribution < -0.4 is 0 Å². The zero-order valence-corrected chi connectivity index (χ0v) is 14.8. The van der Waals surface area contributed by atoms with Crippen molar-refractivity contribution in [1.29, 1.82) is 0 Å². The zero-order chi connectivity index (χ0) is 18.1. The van der Waals surface area contributed by atoms with Crippen molar-refractivity contribution in [2.45, 2.75) is 12.2 Å². The van der Waals surface area contributed by atoms with E-state index in [2.05, 4.69) is 39.1 Å². The summed E-state index contributed by atoms with van der Waals surface area (Å²) in [6, 6.07) is 20.5. The van der Waals surface area contributed by atoms with E-state index in [-0.39, 0.29) is 12.2 Å². The molecule has 0 N–H and O–H groups in total. The van der Waals surface area contributed by atoms with Crippen LogP contribution in [0.5, 0.6) is 0 Å². The molecule has 0 aromatic heterocycles. The fraction of sp³-hybridized carbons (Fsp3) is 0.136. The van der Waals surface area contributed by atoms with Crippen molar-refractivity contribution in [2.24, 2.45) is 15.0 Å². The molecule has 2 unspecified atom stereocenters. The minimum absolute atomic E-state index is 0.0485. The van der Waals surface area contributed by atoms with Crippen LogP contribution in [0.2, 0.25) is 0 Å². The summed E-state index contributed by atoms with van der Waals surface area (Å²) < 4.78 is 0. The third-order valence-electron chi connectivity index (χ3n) is 4.88. The van der Waals surface area contributed by atoms with Gasteiger partial charge in [-0.15, -0.1) is 0 Å². The van der Waals surface area contributed by atoms with Crippen molar-refractivity contribution >= 4 is 23.7 Å². The molecule has 5 heteroatoms. The van der Waals surface area contributed by atoms with Gasteiger partial charge >= 0.3 is 0 Å². The Morgan fingerprint density at radius 1 is 1.00 bits per heavy atom. The van der Waals surface area contributed by atoms with Crippen LogP contribution in [0.1, 0.15) is 5.56 Å². The van der Waals surface area contributed by atoms with E-state index in [0.29, 0.717) is 0 Å². The molecule has 2 aromatic rings. The van der Waals surface area contributed by atoms with Gasteiger partial charge in [-0.05, 0) is 18.2 Å². The summed E-state index contributed by atoms with van der Waals surface area (Å²) in [6.07, 6.45) is 10.1. The molecule has 0 fully saturated rings. The maximum Gasteiger partial charge on any atom is 0.227 e. The summed E-state index contributed by atoms with van der Waals surface area (Å²) in [5, 5.41) is 0. The number of para-hydroxylation sites is 1. The Kier molecular flexibility index (Phi) is 3.90. The van der Waals surface area contributed by atoms with E-state index in [1.165, 1.54) is 0 Å². The van der Waals surface area contributed by atoms with Crippen molar-refractivity contribution in [3.05, 3.63) is 90.7 Å². The largest absolute Gasteiger partial charge is 0.328 e. The third-order valence-corrected chi connectivity index (χ3v) is 4.88. The first-order valence-electron chi connectivity index (χ1n) is 9.10. The normalized spacial score (nSPS) is 23.3. The molecule has 0 spiro atoms. The van der Waals surface area contributed by atoms with Gasteiger partial charge in [-0.2, -0.15) is 0 Å². The summed E-state index contributed by atoms with van der Waals surface area (Å²) in [4.78, 5) is 18.7. The average Bonchev–Trinajstić information content (AvgIpc) is 3.12. The fourth-order valence-corrected chi connectivity index (χ4v) is 3.63. The molecule has 27 heavy (non-hydrogen) atoms. The smallest absolute Gasteiger partial charge is 0.227 e. The van der Waals surface area contributed by atoms with Crippen LogP contribution in [0.3, 0.4) is 0 Å². The highest BCUT2D eigenvalue weighted by atomic mass is 15.4. The van der Waals surface area contributed by atoms with E-state index in [4.69, 9.17) is 9.98 Å². The number of benzene rings is 2. The lowest BCUT2D eigenvalue weighted by molar-refractivity contribution is 0.270. The predicted molar refractivity (Wildman–Crippen MR) is 109 cm³/mol. The first kappa shape index (κ1) is 15.8. The van der Waals surface area contributed by atoms with E-state index in [1.54, 1.807) is 6.21 Å². The SMILES string of the molecule is C1=CN2C(=NC3C2C=CCN3C(=Nc2ccccc2)c2ccccc2)N=C1. The Balaban J connectivity index is 1.59. The molecule has 0 aliphatic carbocycles. The van der Waals surface area contributed by atoms with Crippen LogP contribution in [-0.2, 0) is 0 Å². The highest BCUT2D eigenvalue weighted by molar-refractivity contribution is 6.02. The molecule has 3 aliphatic heterocycles. The van der Waals surface area contributed by atoms with Gasteiger partial charge in [0.1, 0.15) is 5.84 Å². The van der Waals surface area contributed by atoms with Crippen LogP contribution in [-0.4, -0.2) is 46.6 Å². The first-order valence-corrected chi connectivity index (χ1v) is 9.10. The molecule has 3 aliphatic rings. The van der Waals surface area contributed by atoms with E-state index >= 15 is 0 Å². The lowest BCUT2D eigenvalue weighted by Crippen LogP contribution is -2.50. The maximum atomic E-state index is 4.99. The van der Waals surface area contributed by atoms with Gasteiger partial charge in [-0.3, -0.25) is 0 Å². The van der Waals surface area contributed by atoms with Gasteiger partial charge in [0.05, 0.1) is 11.7 Å². The topological polar surface area (TPSA) is 43.6 Å². The van der Waals surface area contributed by atoms with Gasteiger partial charge in [0.25, 0.3) is 0 Å². The molecule has 3 heterocycles. The second-order valence-electron chi connectivity index (χ2n) is 6.58. The van der Waals surface area contributed by atoms with Crippen LogP contribution >= 0.6 is 0 Å². The Labute approximate surface area is 158 Å². The first-order chi connectivity index (χ1) is 13.4. The van der Waals surface area contributed by atoms with Gasteiger partial charge in [0, 0.05) is 24.5 Å². The van der Waals surface area contributed by atoms with E-state index < -0.39 is 0 Å². The number of hydrogen-bond donors (Lipinski definition) is 0. The molecule has 5 rings (SSSR count). The predicted octanol–water partition coefficient (Wildman–Crippen LogP) is 3.60. The van der Waals surface area contributed by atoms with Gasteiger partial charge < -0.3 is 9.80 Å². The fourth-order valence-electron chi connectivity index (χ4n) is 3.63. The highest BCUT2D eigenvalue weighted by Crippen LogP contribution is 2.29. The molecule has 2 aromatic carbocycles. The molecule has 2 atom stereocenters. The lowest BCUT2D eigenvalue weighted by atomic mass is 10.1. The Morgan fingerprint density at radius 3 is 2.59 bits per heavy atom. The molecule has 0 radical (unpaired) electrons. The molecule has 0 saturated heterocycles. The van der Waals surface area contributed by atoms with Gasteiger partial charge in [-0.25, -0.2) is 15.0 Å². The monoisotopic (exact) mass is 353 g/mol. The number of aliphatic imine (C=N–C) groups is 3. The van der Waals surface area contributed by atoms with Crippen LogP contribution in [0.4, 0.5) is 5.69 Å². The molecule has 5 nitrogen and oxygen atoms in total. The molecule has 0 bridgehead atoms. The standard InChI is InChI=1S/C22H19N5/c1-3-9-17(10-4-1)20(24-18-11-5-2-6-12-18)27-15-7-13-19-21(27)25-22-23-14-8-16-26(19)22/h1-14,16,19,21H,15H2. The van der Waals surface area contributed by atoms with Crippen LogP contribution in [0.15, 0.2) is 100 Å². The number of rotatable bonds is 2. The Hall–Kier alpha value is -3.47. The molecular weight excluding hydrogens is 334 g/mol. The van der Waals surface area contributed by atoms with Crippen molar-refractivity contribution in [2.75, 3.05) is 6.54 Å². The zero-order valence-electron chi connectivity index (χ0n) is 14.8. The van der Waals surface area contributed by atoms with Crippen molar-refractivity contribution in [1.82, 2.24) is 9.80 Å². The van der Waals surface area contributed by atoms with Gasteiger partial charge in [0.2, 0.25) is 5.96 Å². The lowest BCUT2D eigenvalue weighted by Gasteiger charge is -2.36. The Bertz CT molecular complexity index is 972. The van der Waals surface area contributed by atoms with E-state index in [1.807, 2.05) is 60.8 Å². The third kappa shape index (κ3) is 2.87. The average molecular weight is 353 g/mol. The summed E-state index contributed by atoms with van der Waals surface area (Å²) >= 11 is 0. The highest BCUT2D eigenvalue weighted by Gasteiger charge is 2.40. The van der Waals surface area contributed by atoms with Crippen molar-refractivity contribution < 1.29 is 0 Å². The number of guanidine groups is 1. The molecule has 0 saturated carbocycles. The van der Waals surface area contributed by atoms with Gasteiger partial charge in [-0.1, -0.05) is 60.7 Å². The quantitative estimate of drug-likeness (QED) is 0.470. The minimum atomic E-state index is -0.0485. The second-order valence-corrected chi connectivity index (χ2v) is 6.58. The van der Waals surface area contributed by atoms with Crippen LogP contribution in [0, 0.1) is 0 Å². The van der Waals surface area contributed by atoms with E-state index in [9.17, 15) is 0 Å². The van der Waals surface area contributed by atoms with Crippen molar-refractivity contribution in [3.63, 3.8) is 0 Å². The second kappa shape index (κ2) is 6.68. The number of nitrogens with zero attached hydrogens (tertiary/aromatic N) is 5. The minimum Gasteiger partial charge on any atom is -0.328 e. The number of fused-ring (bicyclic) bond motifs is 3. The maximum absolute atomic E-state index is 4.99. The Morgan fingerprint density at radius 2 is 1.78 bits per heavy atom. The summed E-state index contributed by atoms with van der Waals surface area (Å²) in [6.45, 7) is 0.764. The summed E-state index contributed by atoms with van der Waals surface area (Å²) in [5.74, 6) is 1.69.